The van der Waals surface area contributed by atoms with Crippen molar-refractivity contribution in [2.45, 2.75) is 33.0 Å². The van der Waals surface area contributed by atoms with Gasteiger partial charge in [0.05, 0.1) is 13.7 Å². The molecule has 0 spiro atoms. The SMILES string of the molecule is COc1cc(CO)cc(NC(=O)OC(C)(C)C)n1. The summed E-state index contributed by atoms with van der Waals surface area (Å²) in [7, 11) is 1.46. The van der Waals surface area contributed by atoms with Gasteiger partial charge in [-0.2, -0.15) is 4.98 Å². The van der Waals surface area contributed by atoms with E-state index in [2.05, 4.69) is 10.3 Å². The predicted octanol–water partition coefficient (Wildman–Crippen LogP) is 1.93. The van der Waals surface area contributed by atoms with Gasteiger partial charge in [-0.25, -0.2) is 4.79 Å². The zero-order chi connectivity index (χ0) is 13.8. The van der Waals surface area contributed by atoms with E-state index in [-0.39, 0.29) is 12.4 Å². The maximum absolute atomic E-state index is 11.6. The molecule has 1 heterocycles. The molecule has 0 aromatic carbocycles. The van der Waals surface area contributed by atoms with Gasteiger partial charge >= 0.3 is 6.09 Å². The average molecular weight is 254 g/mol. The van der Waals surface area contributed by atoms with E-state index in [1.54, 1.807) is 32.9 Å². The molecule has 6 nitrogen and oxygen atoms in total. The maximum Gasteiger partial charge on any atom is 0.413 e. The number of amides is 1. The molecule has 0 fully saturated rings. The Labute approximate surface area is 106 Å². The van der Waals surface area contributed by atoms with Gasteiger partial charge in [0.1, 0.15) is 11.4 Å². The first-order chi connectivity index (χ1) is 8.34. The molecule has 0 saturated heterocycles. The number of pyridine rings is 1. The quantitative estimate of drug-likeness (QED) is 0.861. The second-order valence-electron chi connectivity index (χ2n) is 4.69. The van der Waals surface area contributed by atoms with Crippen LogP contribution in [0.1, 0.15) is 26.3 Å². The number of ether oxygens (including phenoxy) is 2. The molecule has 0 radical (unpaired) electrons. The van der Waals surface area contributed by atoms with Gasteiger partial charge in [0.25, 0.3) is 0 Å². The zero-order valence-electron chi connectivity index (χ0n) is 11.0. The number of anilines is 1. The van der Waals surface area contributed by atoms with Gasteiger partial charge < -0.3 is 14.6 Å². The highest BCUT2D eigenvalue weighted by molar-refractivity contribution is 5.83. The molecule has 0 aliphatic heterocycles. The van der Waals surface area contributed by atoms with Gasteiger partial charge in [0.2, 0.25) is 5.88 Å². The van der Waals surface area contributed by atoms with Crippen LogP contribution < -0.4 is 10.1 Å². The number of nitrogens with one attached hydrogen (secondary N) is 1. The van der Waals surface area contributed by atoms with Crippen molar-refractivity contribution in [1.82, 2.24) is 4.98 Å². The van der Waals surface area contributed by atoms with Gasteiger partial charge in [-0.3, -0.25) is 5.32 Å². The lowest BCUT2D eigenvalue weighted by atomic mass is 10.2. The number of carbonyl (C=O) groups excluding carboxylic acids is 1. The third-order valence-electron chi connectivity index (χ3n) is 1.88. The van der Waals surface area contributed by atoms with Gasteiger partial charge in [-0.1, -0.05) is 0 Å². The molecule has 1 aromatic heterocycles. The fourth-order valence-corrected chi connectivity index (χ4v) is 1.23. The van der Waals surface area contributed by atoms with Crippen molar-refractivity contribution in [2.24, 2.45) is 0 Å². The van der Waals surface area contributed by atoms with E-state index in [1.165, 1.54) is 7.11 Å². The molecule has 100 valence electrons. The summed E-state index contributed by atoms with van der Waals surface area (Å²) < 4.78 is 10.1. The predicted molar refractivity (Wildman–Crippen MR) is 66.6 cm³/mol. The monoisotopic (exact) mass is 254 g/mol. The van der Waals surface area contributed by atoms with Gasteiger partial charge in [0, 0.05) is 6.07 Å². The van der Waals surface area contributed by atoms with Crippen LogP contribution >= 0.6 is 0 Å². The fraction of sp³-hybridized carbons (Fsp3) is 0.500. The molecule has 2 N–H and O–H groups in total. The molecule has 0 bridgehead atoms. The number of carbonyl (C=O) groups is 1. The van der Waals surface area contributed by atoms with Crippen molar-refractivity contribution in [1.29, 1.82) is 0 Å². The summed E-state index contributed by atoms with van der Waals surface area (Å²) in [5, 5.41) is 11.6. The Hall–Kier alpha value is -1.82. The summed E-state index contributed by atoms with van der Waals surface area (Å²) in [4.78, 5) is 15.6. The van der Waals surface area contributed by atoms with E-state index in [4.69, 9.17) is 14.6 Å². The summed E-state index contributed by atoms with van der Waals surface area (Å²) >= 11 is 0. The highest BCUT2D eigenvalue weighted by Gasteiger charge is 2.17. The van der Waals surface area contributed by atoms with E-state index >= 15 is 0 Å². The first kappa shape index (κ1) is 14.2. The molecule has 0 aliphatic rings. The highest BCUT2D eigenvalue weighted by atomic mass is 16.6. The second-order valence-corrected chi connectivity index (χ2v) is 4.69. The first-order valence-electron chi connectivity index (χ1n) is 5.50. The molecular weight excluding hydrogens is 236 g/mol. The zero-order valence-corrected chi connectivity index (χ0v) is 11.0. The summed E-state index contributed by atoms with van der Waals surface area (Å²) in [6.45, 7) is 5.14. The normalized spacial score (nSPS) is 10.9. The number of methoxy groups -OCH3 is 1. The number of rotatable bonds is 3. The third kappa shape index (κ3) is 4.58. The van der Waals surface area contributed by atoms with E-state index in [1.807, 2.05) is 0 Å². The largest absolute Gasteiger partial charge is 0.481 e. The number of aromatic nitrogens is 1. The Balaban J connectivity index is 2.80. The van der Waals surface area contributed by atoms with Crippen LogP contribution in [-0.2, 0) is 11.3 Å². The Bertz CT molecular complexity index is 404. The van der Waals surface area contributed by atoms with Crippen molar-refractivity contribution in [3.8, 4) is 5.88 Å². The summed E-state index contributed by atoms with van der Waals surface area (Å²) in [5.74, 6) is 0.584. The van der Waals surface area contributed by atoms with Crippen LogP contribution in [0.15, 0.2) is 12.1 Å². The summed E-state index contributed by atoms with van der Waals surface area (Å²) in [5.41, 5.74) is 0.0101. The van der Waals surface area contributed by atoms with E-state index in [0.717, 1.165) is 0 Å². The van der Waals surface area contributed by atoms with Crippen LogP contribution in [0.3, 0.4) is 0 Å². The Morgan fingerprint density at radius 1 is 1.44 bits per heavy atom. The molecule has 6 heteroatoms. The van der Waals surface area contributed by atoms with Crippen molar-refractivity contribution < 1.29 is 19.4 Å². The Morgan fingerprint density at radius 2 is 2.11 bits per heavy atom. The van der Waals surface area contributed by atoms with Crippen LogP contribution in [0.2, 0.25) is 0 Å². The lowest BCUT2D eigenvalue weighted by molar-refractivity contribution is 0.0635. The maximum atomic E-state index is 11.6. The molecule has 0 unspecified atom stereocenters. The number of hydrogen-bond donors (Lipinski definition) is 2. The lowest BCUT2D eigenvalue weighted by Gasteiger charge is -2.19. The Morgan fingerprint density at radius 3 is 2.61 bits per heavy atom. The van der Waals surface area contributed by atoms with Crippen LogP contribution in [-0.4, -0.2) is 28.9 Å². The number of aliphatic hydroxyl groups is 1. The third-order valence-corrected chi connectivity index (χ3v) is 1.88. The molecule has 1 aromatic rings. The molecule has 1 amide bonds. The summed E-state index contributed by atoms with van der Waals surface area (Å²) in [6, 6.07) is 3.13. The van der Waals surface area contributed by atoms with E-state index in [9.17, 15) is 4.79 Å². The van der Waals surface area contributed by atoms with Crippen LogP contribution in [0.5, 0.6) is 5.88 Å². The fourth-order valence-electron chi connectivity index (χ4n) is 1.23. The lowest BCUT2D eigenvalue weighted by Crippen LogP contribution is -2.27. The molecule has 18 heavy (non-hydrogen) atoms. The van der Waals surface area contributed by atoms with Crippen molar-refractivity contribution in [3.63, 3.8) is 0 Å². The molecule has 0 atom stereocenters. The average Bonchev–Trinajstić information content (AvgIpc) is 2.25. The van der Waals surface area contributed by atoms with Crippen LogP contribution in [0.25, 0.3) is 0 Å². The highest BCUT2D eigenvalue weighted by Crippen LogP contribution is 2.17. The minimum absolute atomic E-state index is 0.165. The molecule has 1 rings (SSSR count). The summed E-state index contributed by atoms with van der Waals surface area (Å²) in [6.07, 6.45) is -0.604. The van der Waals surface area contributed by atoms with E-state index < -0.39 is 11.7 Å². The van der Waals surface area contributed by atoms with Crippen LogP contribution in [0.4, 0.5) is 10.6 Å². The molecule has 0 saturated carbocycles. The minimum atomic E-state index is -0.604. The second kappa shape index (κ2) is 5.68. The molecular formula is C12H18N2O4. The smallest absolute Gasteiger partial charge is 0.413 e. The standard InChI is InChI=1S/C12H18N2O4/c1-12(2,3)18-11(16)14-9-5-8(7-15)6-10(13-9)17-4/h5-6,15H,7H2,1-4H3,(H,13,14,16). The van der Waals surface area contributed by atoms with Crippen molar-refractivity contribution >= 4 is 11.9 Å². The Kier molecular flexibility index (Phi) is 4.49. The first-order valence-corrected chi connectivity index (χ1v) is 5.50. The minimum Gasteiger partial charge on any atom is -0.481 e. The van der Waals surface area contributed by atoms with E-state index in [0.29, 0.717) is 11.4 Å². The van der Waals surface area contributed by atoms with Crippen LogP contribution in [0, 0.1) is 0 Å². The van der Waals surface area contributed by atoms with Gasteiger partial charge in [-0.05, 0) is 32.4 Å². The number of hydrogen-bond acceptors (Lipinski definition) is 5. The molecule has 0 aliphatic carbocycles. The van der Waals surface area contributed by atoms with Gasteiger partial charge in [-0.15, -0.1) is 0 Å². The van der Waals surface area contributed by atoms with Crippen molar-refractivity contribution in [2.75, 3.05) is 12.4 Å². The van der Waals surface area contributed by atoms with Gasteiger partial charge in [0.15, 0.2) is 0 Å². The number of nitrogens with zero attached hydrogens (tertiary/aromatic N) is 1. The topological polar surface area (TPSA) is 80.7 Å². The number of aliphatic hydroxyl groups excluding tert-OH is 1. The van der Waals surface area contributed by atoms with Crippen molar-refractivity contribution in [3.05, 3.63) is 17.7 Å².